The van der Waals surface area contributed by atoms with Crippen molar-refractivity contribution < 1.29 is 9.18 Å². The summed E-state index contributed by atoms with van der Waals surface area (Å²) in [7, 11) is 0. The normalized spacial score (nSPS) is 14.1. The summed E-state index contributed by atoms with van der Waals surface area (Å²) in [6.07, 6.45) is 3.84. The van der Waals surface area contributed by atoms with Crippen LogP contribution < -0.4 is 10.9 Å². The minimum absolute atomic E-state index is 0.0782. The number of thiophene rings is 1. The van der Waals surface area contributed by atoms with E-state index in [1.54, 1.807) is 23.6 Å². The number of anilines is 1. The number of rotatable bonds is 2. The molecule has 1 N–H and O–H groups in total. The van der Waals surface area contributed by atoms with Gasteiger partial charge in [-0.15, -0.1) is 11.3 Å². The van der Waals surface area contributed by atoms with Crippen LogP contribution in [-0.4, -0.2) is 15.5 Å². The van der Waals surface area contributed by atoms with Gasteiger partial charge in [0.2, 0.25) is 0 Å². The maximum absolute atomic E-state index is 13.8. The van der Waals surface area contributed by atoms with E-state index in [-0.39, 0.29) is 11.2 Å². The molecule has 0 saturated carbocycles. The van der Waals surface area contributed by atoms with Gasteiger partial charge in [0.15, 0.2) is 0 Å². The zero-order valence-electron chi connectivity index (χ0n) is 14.3. The smallest absolute Gasteiger partial charge is 0.266 e. The minimum Gasteiger partial charge on any atom is -0.319 e. The molecule has 0 aliphatic carbocycles. The highest BCUT2D eigenvalue weighted by Crippen LogP contribution is 2.29. The monoisotopic (exact) mass is 371 g/mol. The van der Waals surface area contributed by atoms with Gasteiger partial charge in [-0.05, 0) is 37.5 Å². The molecule has 5 nitrogen and oxygen atoms in total. The first-order valence-electron chi connectivity index (χ1n) is 8.65. The van der Waals surface area contributed by atoms with Crippen molar-refractivity contribution in [3.63, 3.8) is 0 Å². The molecule has 0 saturated heterocycles. The van der Waals surface area contributed by atoms with Crippen molar-refractivity contribution >= 4 is 33.1 Å². The van der Waals surface area contributed by atoms with Gasteiger partial charge in [0.1, 0.15) is 16.5 Å². The van der Waals surface area contributed by atoms with Gasteiger partial charge < -0.3 is 5.32 Å². The third kappa shape index (κ3) is 2.82. The highest BCUT2D eigenvalue weighted by Gasteiger charge is 2.22. The summed E-state index contributed by atoms with van der Waals surface area (Å²) in [5.74, 6) is -0.123. The van der Waals surface area contributed by atoms with Crippen LogP contribution in [0.1, 0.15) is 40.3 Å². The maximum atomic E-state index is 13.8. The maximum Gasteiger partial charge on any atom is 0.266 e. The first-order valence-corrected chi connectivity index (χ1v) is 9.46. The van der Waals surface area contributed by atoms with Crippen LogP contribution in [-0.2, 0) is 13.0 Å². The van der Waals surface area contributed by atoms with Gasteiger partial charge in [0.25, 0.3) is 11.5 Å². The van der Waals surface area contributed by atoms with Crippen molar-refractivity contribution in [1.29, 1.82) is 0 Å². The molecule has 2 aromatic heterocycles. The Morgan fingerprint density at radius 3 is 2.88 bits per heavy atom. The molecule has 1 aliphatic heterocycles. The quantitative estimate of drug-likeness (QED) is 0.743. The number of aryl methyl sites for hydroxylation is 2. The van der Waals surface area contributed by atoms with E-state index in [0.29, 0.717) is 27.2 Å². The van der Waals surface area contributed by atoms with Gasteiger partial charge >= 0.3 is 0 Å². The number of nitrogens with one attached hydrogen (secondary N) is 1. The predicted molar refractivity (Wildman–Crippen MR) is 101 cm³/mol. The van der Waals surface area contributed by atoms with E-state index >= 15 is 0 Å². The summed E-state index contributed by atoms with van der Waals surface area (Å²) in [5, 5.41) is 3.09. The second-order valence-corrected chi connectivity index (χ2v) is 7.46. The number of para-hydroxylation sites is 1. The Balaban J connectivity index is 1.78. The zero-order valence-corrected chi connectivity index (χ0v) is 15.2. The first kappa shape index (κ1) is 16.9. The first-order chi connectivity index (χ1) is 12.6. The Hall–Kier alpha value is -2.54. The number of carbonyl (C=O) groups is 1. The number of aromatic nitrogens is 2. The summed E-state index contributed by atoms with van der Waals surface area (Å²) in [5.41, 5.74) is 0.649. The second kappa shape index (κ2) is 6.64. The van der Waals surface area contributed by atoms with Gasteiger partial charge in [0, 0.05) is 13.0 Å². The molecule has 0 bridgehead atoms. The fourth-order valence-electron chi connectivity index (χ4n) is 3.37. The van der Waals surface area contributed by atoms with E-state index < -0.39 is 11.7 Å². The van der Waals surface area contributed by atoms with Crippen molar-refractivity contribution in [3.05, 3.63) is 56.7 Å². The molecule has 0 spiro atoms. The van der Waals surface area contributed by atoms with Crippen LogP contribution >= 0.6 is 11.3 Å². The Bertz CT molecular complexity index is 1070. The number of hydrogen-bond donors (Lipinski definition) is 1. The molecule has 7 heteroatoms. The largest absolute Gasteiger partial charge is 0.319 e. The lowest BCUT2D eigenvalue weighted by Crippen LogP contribution is -2.24. The molecule has 0 radical (unpaired) electrons. The second-order valence-electron chi connectivity index (χ2n) is 6.47. The van der Waals surface area contributed by atoms with Gasteiger partial charge in [-0.1, -0.05) is 18.6 Å². The third-order valence-electron chi connectivity index (χ3n) is 4.74. The van der Waals surface area contributed by atoms with E-state index in [1.807, 2.05) is 0 Å². The molecule has 4 rings (SSSR count). The Morgan fingerprint density at radius 1 is 1.27 bits per heavy atom. The highest BCUT2D eigenvalue weighted by atomic mass is 32.1. The lowest BCUT2D eigenvalue weighted by molar-refractivity contribution is 0.102. The summed E-state index contributed by atoms with van der Waals surface area (Å²) < 4.78 is 15.5. The molecule has 3 heterocycles. The SMILES string of the molecule is Cc1c(C(=O)Nc2ccccc2F)sc2nc3n(c(=O)c12)CCCCC3. The molecule has 1 aliphatic rings. The molecule has 134 valence electrons. The van der Waals surface area contributed by atoms with E-state index in [1.165, 1.54) is 23.5 Å². The number of carbonyl (C=O) groups excluding carboxylic acids is 1. The van der Waals surface area contributed by atoms with Crippen LogP contribution in [0.4, 0.5) is 10.1 Å². The van der Waals surface area contributed by atoms with Crippen LogP contribution in [0, 0.1) is 12.7 Å². The Kier molecular flexibility index (Phi) is 4.32. The van der Waals surface area contributed by atoms with E-state index in [0.717, 1.165) is 31.5 Å². The molecule has 1 amide bonds. The topological polar surface area (TPSA) is 64.0 Å². The van der Waals surface area contributed by atoms with Gasteiger partial charge in [-0.3, -0.25) is 14.2 Å². The Morgan fingerprint density at radius 2 is 2.08 bits per heavy atom. The van der Waals surface area contributed by atoms with E-state index in [9.17, 15) is 14.0 Å². The summed E-state index contributed by atoms with van der Waals surface area (Å²) in [6, 6.07) is 6.01. The van der Waals surface area contributed by atoms with Crippen LogP contribution in [0.25, 0.3) is 10.2 Å². The van der Waals surface area contributed by atoms with Crippen molar-refractivity contribution in [1.82, 2.24) is 9.55 Å². The number of nitrogens with zero attached hydrogens (tertiary/aromatic N) is 2. The molecular formula is C19H18FN3O2S. The van der Waals surface area contributed by atoms with Gasteiger partial charge in [-0.25, -0.2) is 9.37 Å². The van der Waals surface area contributed by atoms with Crippen molar-refractivity contribution in [2.45, 2.75) is 39.2 Å². The lowest BCUT2D eigenvalue weighted by atomic mass is 10.2. The number of benzene rings is 1. The average molecular weight is 371 g/mol. The molecule has 3 aromatic rings. The highest BCUT2D eigenvalue weighted by molar-refractivity contribution is 7.20. The molecular weight excluding hydrogens is 353 g/mol. The van der Waals surface area contributed by atoms with E-state index in [4.69, 9.17) is 0 Å². The zero-order chi connectivity index (χ0) is 18.3. The van der Waals surface area contributed by atoms with Crippen molar-refractivity contribution in [3.8, 4) is 0 Å². The van der Waals surface area contributed by atoms with Crippen LogP contribution in [0.5, 0.6) is 0 Å². The fraction of sp³-hybridized carbons (Fsp3) is 0.316. The molecule has 0 unspecified atom stereocenters. The number of fused-ring (bicyclic) bond motifs is 2. The van der Waals surface area contributed by atoms with Crippen LogP contribution in [0.15, 0.2) is 29.1 Å². The van der Waals surface area contributed by atoms with Crippen molar-refractivity contribution in [2.75, 3.05) is 5.32 Å². The van der Waals surface area contributed by atoms with Gasteiger partial charge in [-0.2, -0.15) is 0 Å². The van der Waals surface area contributed by atoms with Crippen molar-refractivity contribution in [2.24, 2.45) is 0 Å². The minimum atomic E-state index is -0.496. The lowest BCUT2D eigenvalue weighted by Gasteiger charge is -2.08. The summed E-state index contributed by atoms with van der Waals surface area (Å²) in [4.78, 5) is 31.2. The van der Waals surface area contributed by atoms with Crippen LogP contribution in [0.2, 0.25) is 0 Å². The Labute approximate surface area is 153 Å². The molecule has 0 atom stereocenters. The van der Waals surface area contributed by atoms with E-state index in [2.05, 4.69) is 10.3 Å². The third-order valence-corrected chi connectivity index (χ3v) is 5.92. The fourth-order valence-corrected chi connectivity index (χ4v) is 4.45. The standard InChI is InChI=1S/C19H18FN3O2S/c1-11-15-18(22-14-9-3-2-6-10-23(14)19(15)25)26-16(11)17(24)21-13-8-5-4-7-12(13)20/h4-5,7-8H,2-3,6,9-10H2,1H3,(H,21,24). The number of hydrogen-bond acceptors (Lipinski definition) is 4. The predicted octanol–water partition coefficient (Wildman–Crippen LogP) is 3.88. The molecule has 0 fully saturated rings. The summed E-state index contributed by atoms with van der Waals surface area (Å²) in [6.45, 7) is 2.42. The number of halogens is 1. The van der Waals surface area contributed by atoms with Crippen LogP contribution in [0.3, 0.4) is 0 Å². The van der Waals surface area contributed by atoms with Gasteiger partial charge in [0.05, 0.1) is 16.0 Å². The molecule has 26 heavy (non-hydrogen) atoms. The average Bonchev–Trinajstić information content (AvgIpc) is 2.80. The number of amides is 1. The molecule has 1 aromatic carbocycles. The summed E-state index contributed by atoms with van der Waals surface area (Å²) >= 11 is 1.19.